The van der Waals surface area contributed by atoms with E-state index in [0.717, 1.165) is 11.3 Å². The molecular weight excluding hydrogens is 176 g/mol. The Morgan fingerprint density at radius 2 is 2.00 bits per heavy atom. The molecule has 0 bridgehead atoms. The molecule has 0 heterocycles. The van der Waals surface area contributed by atoms with Crippen molar-refractivity contribution in [1.82, 2.24) is 0 Å². The number of ether oxygens (including phenoxy) is 1. The van der Waals surface area contributed by atoms with Crippen molar-refractivity contribution in [1.29, 1.82) is 0 Å². The van der Waals surface area contributed by atoms with Crippen LogP contribution in [0.5, 0.6) is 5.75 Å². The van der Waals surface area contributed by atoms with Gasteiger partial charge in [-0.05, 0) is 31.2 Å². The Hall–Kier alpha value is -1.46. The lowest BCUT2D eigenvalue weighted by Crippen LogP contribution is -1.99. The first-order valence-electron chi connectivity index (χ1n) is 4.63. The molecular formula is C12H14O2. The maximum absolute atomic E-state index is 8.56. The lowest BCUT2D eigenvalue weighted by atomic mass is 10.2. The van der Waals surface area contributed by atoms with Crippen molar-refractivity contribution in [2.75, 3.05) is 13.2 Å². The van der Waals surface area contributed by atoms with Crippen molar-refractivity contribution in [2.24, 2.45) is 0 Å². The van der Waals surface area contributed by atoms with E-state index in [9.17, 15) is 0 Å². The summed E-state index contributed by atoms with van der Waals surface area (Å²) in [6.45, 7) is 2.53. The van der Waals surface area contributed by atoms with Crippen LogP contribution in [0.25, 0.3) is 0 Å². The number of hydrogen-bond donors (Lipinski definition) is 1. The average molecular weight is 190 g/mol. The van der Waals surface area contributed by atoms with Crippen molar-refractivity contribution in [3.63, 3.8) is 0 Å². The van der Waals surface area contributed by atoms with Crippen LogP contribution in [0.3, 0.4) is 0 Å². The van der Waals surface area contributed by atoms with Crippen LogP contribution in [0.15, 0.2) is 24.3 Å². The lowest BCUT2D eigenvalue weighted by Gasteiger charge is -2.04. The van der Waals surface area contributed by atoms with E-state index in [1.807, 2.05) is 31.2 Å². The van der Waals surface area contributed by atoms with Crippen molar-refractivity contribution in [3.8, 4) is 17.6 Å². The number of hydrogen-bond acceptors (Lipinski definition) is 2. The van der Waals surface area contributed by atoms with Crippen LogP contribution >= 0.6 is 0 Å². The zero-order valence-electron chi connectivity index (χ0n) is 8.29. The van der Waals surface area contributed by atoms with Gasteiger partial charge in [0, 0.05) is 18.6 Å². The van der Waals surface area contributed by atoms with Gasteiger partial charge in [-0.3, -0.25) is 0 Å². The highest BCUT2D eigenvalue weighted by Gasteiger charge is 1.92. The third-order valence-corrected chi connectivity index (χ3v) is 1.69. The van der Waals surface area contributed by atoms with Gasteiger partial charge in [0.05, 0.1) is 6.61 Å². The predicted octanol–water partition coefficient (Wildman–Crippen LogP) is 1.82. The van der Waals surface area contributed by atoms with Crippen molar-refractivity contribution >= 4 is 0 Å². The van der Waals surface area contributed by atoms with Crippen LogP contribution in [-0.2, 0) is 0 Å². The molecule has 1 aromatic carbocycles. The van der Waals surface area contributed by atoms with E-state index < -0.39 is 0 Å². The molecule has 0 atom stereocenters. The van der Waals surface area contributed by atoms with Crippen molar-refractivity contribution < 1.29 is 9.84 Å². The first-order chi connectivity index (χ1) is 6.86. The second-order valence-corrected chi connectivity index (χ2v) is 2.82. The molecule has 1 N–H and O–H groups in total. The van der Waals surface area contributed by atoms with Crippen molar-refractivity contribution in [2.45, 2.75) is 13.3 Å². The Labute approximate surface area is 84.5 Å². The van der Waals surface area contributed by atoms with Gasteiger partial charge >= 0.3 is 0 Å². The summed E-state index contributed by atoms with van der Waals surface area (Å²) in [6.07, 6.45) is 0.663. The van der Waals surface area contributed by atoms with Gasteiger partial charge in [0.25, 0.3) is 0 Å². The molecule has 0 saturated heterocycles. The van der Waals surface area contributed by atoms with E-state index in [1.165, 1.54) is 0 Å². The van der Waals surface area contributed by atoms with Crippen LogP contribution < -0.4 is 4.74 Å². The summed E-state index contributed by atoms with van der Waals surface area (Å²) in [5.41, 5.74) is 0.988. The van der Waals surface area contributed by atoms with E-state index in [0.29, 0.717) is 13.0 Å². The van der Waals surface area contributed by atoms with Gasteiger partial charge in [-0.25, -0.2) is 0 Å². The summed E-state index contributed by atoms with van der Waals surface area (Å²) in [5.74, 6) is 6.61. The zero-order chi connectivity index (χ0) is 10.2. The molecule has 14 heavy (non-hydrogen) atoms. The second kappa shape index (κ2) is 6.06. The van der Waals surface area contributed by atoms with Crippen LogP contribution in [-0.4, -0.2) is 18.3 Å². The molecule has 0 aliphatic rings. The summed E-state index contributed by atoms with van der Waals surface area (Å²) in [6, 6.07) is 7.61. The lowest BCUT2D eigenvalue weighted by molar-refractivity contribution is 0.233. The van der Waals surface area contributed by atoms with E-state index in [-0.39, 0.29) is 6.61 Å². The second-order valence-electron chi connectivity index (χ2n) is 2.82. The Balaban J connectivity index is 2.49. The Morgan fingerprint density at radius 3 is 2.57 bits per heavy atom. The fraction of sp³-hybridized carbons (Fsp3) is 0.333. The minimum absolute atomic E-state index is 0.166. The van der Waals surface area contributed by atoms with Crippen LogP contribution in [0.1, 0.15) is 18.9 Å². The van der Waals surface area contributed by atoms with Gasteiger partial charge < -0.3 is 9.84 Å². The molecule has 0 unspecified atom stereocenters. The SMILES string of the molecule is CC#Cc1ccc(OCCCO)cc1. The third-order valence-electron chi connectivity index (χ3n) is 1.69. The number of aliphatic hydroxyl groups excluding tert-OH is 1. The molecule has 0 aromatic heterocycles. The van der Waals surface area contributed by atoms with E-state index >= 15 is 0 Å². The standard InChI is InChI=1S/C12H14O2/c1-2-4-11-5-7-12(8-6-11)14-10-3-9-13/h5-8,13H,3,9-10H2,1H3. The highest BCUT2D eigenvalue weighted by atomic mass is 16.5. The van der Waals surface area contributed by atoms with Crippen LogP contribution in [0.2, 0.25) is 0 Å². The van der Waals surface area contributed by atoms with E-state index in [1.54, 1.807) is 0 Å². The maximum atomic E-state index is 8.56. The van der Waals surface area contributed by atoms with Gasteiger partial charge in [0.1, 0.15) is 5.75 Å². The van der Waals surface area contributed by atoms with Gasteiger partial charge in [-0.2, -0.15) is 0 Å². The molecule has 2 heteroatoms. The molecule has 0 aliphatic heterocycles. The largest absolute Gasteiger partial charge is 0.494 e. The summed E-state index contributed by atoms with van der Waals surface area (Å²) in [7, 11) is 0. The molecule has 0 amide bonds. The normalized spacial score (nSPS) is 9.00. The summed E-state index contributed by atoms with van der Waals surface area (Å²) in [4.78, 5) is 0. The Bertz CT molecular complexity index is 316. The molecule has 2 nitrogen and oxygen atoms in total. The van der Waals surface area contributed by atoms with Gasteiger partial charge in [0.15, 0.2) is 0 Å². The molecule has 0 radical (unpaired) electrons. The quantitative estimate of drug-likeness (QED) is 0.579. The molecule has 1 aromatic rings. The monoisotopic (exact) mass is 190 g/mol. The molecule has 74 valence electrons. The minimum atomic E-state index is 0.166. The molecule has 0 fully saturated rings. The average Bonchev–Trinajstić information content (AvgIpc) is 2.21. The van der Waals surface area contributed by atoms with Gasteiger partial charge in [-0.15, -0.1) is 5.92 Å². The predicted molar refractivity (Wildman–Crippen MR) is 56.2 cm³/mol. The fourth-order valence-corrected chi connectivity index (χ4v) is 1.03. The smallest absolute Gasteiger partial charge is 0.119 e. The first-order valence-corrected chi connectivity index (χ1v) is 4.63. The summed E-state index contributed by atoms with van der Waals surface area (Å²) >= 11 is 0. The van der Waals surface area contributed by atoms with Gasteiger partial charge in [-0.1, -0.05) is 5.92 Å². The maximum Gasteiger partial charge on any atom is 0.119 e. The topological polar surface area (TPSA) is 29.5 Å². The number of aliphatic hydroxyl groups is 1. The highest BCUT2D eigenvalue weighted by molar-refractivity contribution is 5.37. The van der Waals surface area contributed by atoms with Crippen molar-refractivity contribution in [3.05, 3.63) is 29.8 Å². The van der Waals surface area contributed by atoms with E-state index in [4.69, 9.17) is 9.84 Å². The molecule has 0 spiro atoms. The minimum Gasteiger partial charge on any atom is -0.494 e. The number of rotatable bonds is 4. The van der Waals surface area contributed by atoms with E-state index in [2.05, 4.69) is 11.8 Å². The fourth-order valence-electron chi connectivity index (χ4n) is 1.03. The van der Waals surface area contributed by atoms with Crippen LogP contribution in [0.4, 0.5) is 0 Å². The highest BCUT2D eigenvalue weighted by Crippen LogP contribution is 2.11. The summed E-state index contributed by atoms with van der Waals surface area (Å²) < 4.78 is 5.37. The molecule has 0 aliphatic carbocycles. The van der Waals surface area contributed by atoms with Gasteiger partial charge in [0.2, 0.25) is 0 Å². The molecule has 0 saturated carbocycles. The number of benzene rings is 1. The zero-order valence-corrected chi connectivity index (χ0v) is 8.29. The first kappa shape index (κ1) is 10.6. The third kappa shape index (κ3) is 3.51. The summed E-state index contributed by atoms with van der Waals surface area (Å²) in [5, 5.41) is 8.56. The Kier molecular flexibility index (Phi) is 4.60. The Morgan fingerprint density at radius 1 is 1.29 bits per heavy atom. The molecule has 1 rings (SSSR count). The van der Waals surface area contributed by atoms with Crippen LogP contribution in [0, 0.1) is 11.8 Å².